The standard InChI is InChI=1S/C12H21NO2/c1-9(12(2,3)4)7-8-10(11(14)15)13(5)6/h8H,1,7H2,2-6H3,(H,14,15)/b10-8-. The molecule has 0 aromatic heterocycles. The number of rotatable bonds is 4. The van der Waals surface area contributed by atoms with E-state index in [0.29, 0.717) is 12.1 Å². The molecule has 0 radical (unpaired) electrons. The molecule has 0 rings (SSSR count). The minimum absolute atomic E-state index is 0.0203. The summed E-state index contributed by atoms with van der Waals surface area (Å²) in [5, 5.41) is 8.92. The van der Waals surface area contributed by atoms with E-state index in [1.807, 2.05) is 0 Å². The Hall–Kier alpha value is -1.25. The van der Waals surface area contributed by atoms with Crippen LogP contribution in [0.4, 0.5) is 0 Å². The zero-order valence-electron chi connectivity index (χ0n) is 10.3. The molecule has 1 N–H and O–H groups in total. The second-order valence-electron chi connectivity index (χ2n) is 4.85. The highest BCUT2D eigenvalue weighted by Gasteiger charge is 2.15. The smallest absolute Gasteiger partial charge is 0.351 e. The molecule has 15 heavy (non-hydrogen) atoms. The van der Waals surface area contributed by atoms with Gasteiger partial charge in [-0.05, 0) is 17.9 Å². The molecular formula is C12H21NO2. The summed E-state index contributed by atoms with van der Waals surface area (Å²) in [6, 6.07) is 0. The van der Waals surface area contributed by atoms with Crippen molar-refractivity contribution in [3.63, 3.8) is 0 Å². The summed E-state index contributed by atoms with van der Waals surface area (Å²) in [5.41, 5.74) is 1.36. The predicted molar refractivity (Wildman–Crippen MR) is 62.6 cm³/mol. The molecule has 0 unspecified atom stereocenters. The van der Waals surface area contributed by atoms with E-state index in [9.17, 15) is 4.79 Å². The van der Waals surface area contributed by atoms with Crippen molar-refractivity contribution in [2.75, 3.05) is 14.1 Å². The Balaban J connectivity index is 4.63. The van der Waals surface area contributed by atoms with Crippen molar-refractivity contribution in [1.82, 2.24) is 4.90 Å². The molecule has 0 aliphatic carbocycles. The van der Waals surface area contributed by atoms with Crippen LogP contribution < -0.4 is 0 Å². The summed E-state index contributed by atoms with van der Waals surface area (Å²) in [4.78, 5) is 12.5. The molecule has 0 saturated heterocycles. The molecule has 0 spiro atoms. The largest absolute Gasteiger partial charge is 0.477 e. The first-order chi connectivity index (χ1) is 6.66. The van der Waals surface area contributed by atoms with Gasteiger partial charge in [0.15, 0.2) is 0 Å². The second-order valence-corrected chi connectivity index (χ2v) is 4.85. The molecule has 0 aromatic rings. The van der Waals surface area contributed by atoms with Gasteiger partial charge in [-0.15, -0.1) is 0 Å². The maximum absolute atomic E-state index is 10.9. The summed E-state index contributed by atoms with van der Waals surface area (Å²) < 4.78 is 0. The Morgan fingerprint density at radius 1 is 1.40 bits per heavy atom. The van der Waals surface area contributed by atoms with Gasteiger partial charge in [-0.1, -0.05) is 32.9 Å². The Morgan fingerprint density at radius 3 is 2.13 bits per heavy atom. The lowest BCUT2D eigenvalue weighted by atomic mass is 9.85. The van der Waals surface area contributed by atoms with Gasteiger partial charge in [-0.25, -0.2) is 4.79 Å². The lowest BCUT2D eigenvalue weighted by Crippen LogP contribution is -2.19. The molecule has 0 amide bonds. The molecule has 0 aliphatic heterocycles. The normalized spacial score (nSPS) is 12.5. The third kappa shape index (κ3) is 4.68. The fourth-order valence-electron chi connectivity index (χ4n) is 0.987. The summed E-state index contributed by atoms with van der Waals surface area (Å²) in [6.07, 6.45) is 2.30. The fraction of sp³-hybridized carbons (Fsp3) is 0.583. The molecule has 0 atom stereocenters. The van der Waals surface area contributed by atoms with E-state index >= 15 is 0 Å². The van der Waals surface area contributed by atoms with Gasteiger partial charge in [-0.3, -0.25) is 0 Å². The van der Waals surface area contributed by atoms with Crippen molar-refractivity contribution < 1.29 is 9.90 Å². The third-order valence-corrected chi connectivity index (χ3v) is 2.30. The van der Waals surface area contributed by atoms with E-state index in [4.69, 9.17) is 5.11 Å². The average molecular weight is 211 g/mol. The van der Waals surface area contributed by atoms with Crippen LogP contribution in [0.3, 0.4) is 0 Å². The zero-order valence-corrected chi connectivity index (χ0v) is 10.3. The van der Waals surface area contributed by atoms with Gasteiger partial charge >= 0.3 is 5.97 Å². The molecule has 0 fully saturated rings. The first-order valence-corrected chi connectivity index (χ1v) is 4.95. The zero-order chi connectivity index (χ0) is 12.2. The molecule has 0 aromatic carbocycles. The van der Waals surface area contributed by atoms with Crippen LogP contribution in [0.5, 0.6) is 0 Å². The summed E-state index contributed by atoms with van der Waals surface area (Å²) >= 11 is 0. The van der Waals surface area contributed by atoms with Crippen LogP contribution in [-0.4, -0.2) is 30.1 Å². The number of carboxylic acid groups (broad SMARTS) is 1. The van der Waals surface area contributed by atoms with Gasteiger partial charge in [0.1, 0.15) is 5.70 Å². The maximum atomic E-state index is 10.9. The minimum Gasteiger partial charge on any atom is -0.477 e. The predicted octanol–water partition coefficient (Wildman–Crippen LogP) is 2.51. The highest BCUT2D eigenvalue weighted by Crippen LogP contribution is 2.26. The fourth-order valence-corrected chi connectivity index (χ4v) is 0.987. The van der Waals surface area contributed by atoms with Crippen LogP contribution in [0.15, 0.2) is 23.9 Å². The van der Waals surface area contributed by atoms with E-state index in [-0.39, 0.29) is 5.41 Å². The SMILES string of the molecule is C=C(C/C=C(/C(=O)O)N(C)C)C(C)(C)C. The molecule has 3 nitrogen and oxygen atoms in total. The number of nitrogens with zero attached hydrogens (tertiary/aromatic N) is 1. The van der Waals surface area contributed by atoms with Gasteiger partial charge in [0, 0.05) is 14.1 Å². The molecule has 0 aliphatic rings. The molecule has 0 saturated carbocycles. The molecular weight excluding hydrogens is 190 g/mol. The lowest BCUT2D eigenvalue weighted by Gasteiger charge is -2.21. The summed E-state index contributed by atoms with van der Waals surface area (Å²) in [6.45, 7) is 10.2. The summed E-state index contributed by atoms with van der Waals surface area (Å²) in [7, 11) is 3.44. The number of hydrogen-bond acceptors (Lipinski definition) is 2. The van der Waals surface area contributed by atoms with Crippen molar-refractivity contribution >= 4 is 5.97 Å². The van der Waals surface area contributed by atoms with Crippen LogP contribution in [0.2, 0.25) is 0 Å². The van der Waals surface area contributed by atoms with Crippen LogP contribution in [-0.2, 0) is 4.79 Å². The number of aliphatic carboxylic acids is 1. The van der Waals surface area contributed by atoms with Crippen LogP contribution in [0.1, 0.15) is 27.2 Å². The maximum Gasteiger partial charge on any atom is 0.351 e. The van der Waals surface area contributed by atoms with Gasteiger partial charge in [0.25, 0.3) is 0 Å². The van der Waals surface area contributed by atoms with Crippen LogP contribution in [0.25, 0.3) is 0 Å². The highest BCUT2D eigenvalue weighted by molar-refractivity contribution is 5.85. The molecule has 3 heteroatoms. The molecule has 86 valence electrons. The Labute approximate surface area is 92.1 Å². The van der Waals surface area contributed by atoms with Crippen molar-refractivity contribution in [3.05, 3.63) is 23.9 Å². The van der Waals surface area contributed by atoms with E-state index < -0.39 is 5.97 Å². The number of allylic oxidation sites excluding steroid dienone is 2. The Morgan fingerprint density at radius 2 is 1.87 bits per heavy atom. The third-order valence-electron chi connectivity index (χ3n) is 2.30. The van der Waals surface area contributed by atoms with Crippen LogP contribution in [0, 0.1) is 5.41 Å². The molecule has 0 bridgehead atoms. The first-order valence-electron chi connectivity index (χ1n) is 4.95. The van der Waals surface area contributed by atoms with E-state index in [2.05, 4.69) is 27.4 Å². The van der Waals surface area contributed by atoms with Crippen molar-refractivity contribution in [2.24, 2.45) is 5.41 Å². The number of hydrogen-bond donors (Lipinski definition) is 1. The summed E-state index contributed by atoms with van der Waals surface area (Å²) in [5.74, 6) is -0.901. The highest BCUT2D eigenvalue weighted by atomic mass is 16.4. The van der Waals surface area contributed by atoms with Gasteiger partial charge in [0.05, 0.1) is 0 Å². The number of likely N-dealkylation sites (N-methyl/N-ethyl adjacent to an activating group) is 1. The second kappa shape index (κ2) is 5.01. The molecule has 0 heterocycles. The first kappa shape index (κ1) is 13.8. The van der Waals surface area contributed by atoms with Crippen molar-refractivity contribution in [1.29, 1.82) is 0 Å². The lowest BCUT2D eigenvalue weighted by molar-refractivity contribution is -0.134. The van der Waals surface area contributed by atoms with Crippen molar-refractivity contribution in [2.45, 2.75) is 27.2 Å². The van der Waals surface area contributed by atoms with E-state index in [0.717, 1.165) is 5.57 Å². The van der Waals surface area contributed by atoms with Crippen LogP contribution >= 0.6 is 0 Å². The average Bonchev–Trinajstić information content (AvgIpc) is 2.00. The minimum atomic E-state index is -0.901. The van der Waals surface area contributed by atoms with E-state index in [1.165, 1.54) is 0 Å². The monoisotopic (exact) mass is 211 g/mol. The van der Waals surface area contributed by atoms with Crippen molar-refractivity contribution in [3.8, 4) is 0 Å². The number of carboxylic acids is 1. The Bertz CT molecular complexity index is 282. The Kier molecular flexibility index (Phi) is 4.59. The topological polar surface area (TPSA) is 40.5 Å². The van der Waals surface area contributed by atoms with Gasteiger partial charge in [-0.2, -0.15) is 0 Å². The quantitative estimate of drug-likeness (QED) is 0.573. The van der Waals surface area contributed by atoms with E-state index in [1.54, 1.807) is 25.1 Å². The van der Waals surface area contributed by atoms with Gasteiger partial charge in [0.2, 0.25) is 0 Å². The van der Waals surface area contributed by atoms with Gasteiger partial charge < -0.3 is 10.0 Å². The number of carbonyl (C=O) groups is 1.